The molecule has 0 spiro atoms. The van der Waals surface area contributed by atoms with Crippen molar-refractivity contribution in [2.45, 2.75) is 18.2 Å². The molecule has 1 saturated heterocycles. The molecule has 6 nitrogen and oxygen atoms in total. The first-order valence-electron chi connectivity index (χ1n) is 10.8. The maximum atomic E-state index is 13.6. The predicted molar refractivity (Wildman–Crippen MR) is 140 cm³/mol. The van der Waals surface area contributed by atoms with Crippen LogP contribution in [-0.4, -0.2) is 68.5 Å². The number of hydrogen-bond donors (Lipinski definition) is 0. The van der Waals surface area contributed by atoms with Crippen LogP contribution >= 0.6 is 35.5 Å². The Morgan fingerprint density at radius 2 is 2.06 bits per heavy atom. The number of fused-ring (bicyclic) bond motifs is 1. The number of methoxy groups -OCH3 is 1. The number of rotatable bonds is 8. The molecule has 2 heterocycles. The highest BCUT2D eigenvalue weighted by molar-refractivity contribution is 7.98. The van der Waals surface area contributed by atoms with E-state index in [0.29, 0.717) is 17.2 Å². The Bertz CT molecular complexity index is 1090. The van der Waals surface area contributed by atoms with Gasteiger partial charge in [-0.2, -0.15) is 0 Å². The summed E-state index contributed by atoms with van der Waals surface area (Å²) in [4.78, 5) is 23.8. The summed E-state index contributed by atoms with van der Waals surface area (Å²) >= 11 is 3.19. The Hall–Kier alpha value is -1.84. The van der Waals surface area contributed by atoms with Crippen molar-refractivity contribution in [3.63, 3.8) is 0 Å². The Labute approximate surface area is 209 Å². The van der Waals surface area contributed by atoms with Gasteiger partial charge in [0.25, 0.3) is 5.91 Å². The summed E-state index contributed by atoms with van der Waals surface area (Å²) in [6.07, 6.45) is 2.90. The summed E-state index contributed by atoms with van der Waals surface area (Å²) in [6.45, 7) is 7.06. The molecule has 1 amide bonds. The quantitative estimate of drug-likeness (QED) is 0.394. The molecule has 1 aromatic heterocycles. The minimum Gasteiger partial charge on any atom is -0.494 e. The van der Waals surface area contributed by atoms with Gasteiger partial charge in [-0.15, -0.1) is 24.2 Å². The molecule has 178 valence electrons. The fraction of sp³-hybridized carbons (Fsp3) is 0.417. The molecule has 1 aliphatic rings. The molecule has 33 heavy (non-hydrogen) atoms. The molecule has 1 aliphatic heterocycles. The van der Waals surface area contributed by atoms with E-state index >= 15 is 0 Å². The molecule has 0 atom stereocenters. The zero-order chi connectivity index (χ0) is 22.5. The topological polar surface area (TPSA) is 54.9 Å². The van der Waals surface area contributed by atoms with Crippen LogP contribution in [0.2, 0.25) is 0 Å². The van der Waals surface area contributed by atoms with Gasteiger partial charge < -0.3 is 9.47 Å². The first kappa shape index (κ1) is 25.8. The second kappa shape index (κ2) is 12.0. The number of anilines is 1. The molecule has 1 fully saturated rings. The van der Waals surface area contributed by atoms with Crippen molar-refractivity contribution in [2.24, 2.45) is 0 Å². The third-order valence-corrected chi connectivity index (χ3v) is 7.60. The second-order valence-corrected chi connectivity index (χ2v) is 9.61. The van der Waals surface area contributed by atoms with Crippen molar-refractivity contribution in [2.75, 3.05) is 57.7 Å². The fourth-order valence-corrected chi connectivity index (χ4v) is 5.39. The van der Waals surface area contributed by atoms with Crippen LogP contribution in [0.4, 0.5) is 5.13 Å². The molecular formula is C24H30ClN3O3S2. The van der Waals surface area contributed by atoms with Crippen molar-refractivity contribution in [1.29, 1.82) is 0 Å². The predicted octanol–water partition coefficient (Wildman–Crippen LogP) is 5.13. The van der Waals surface area contributed by atoms with Gasteiger partial charge >= 0.3 is 0 Å². The van der Waals surface area contributed by atoms with Gasteiger partial charge in [0.1, 0.15) is 11.3 Å². The van der Waals surface area contributed by atoms with Gasteiger partial charge in [-0.25, -0.2) is 4.98 Å². The number of aromatic nitrogens is 1. The van der Waals surface area contributed by atoms with Crippen LogP contribution in [0.1, 0.15) is 22.3 Å². The Morgan fingerprint density at radius 3 is 2.79 bits per heavy atom. The Morgan fingerprint density at radius 1 is 1.27 bits per heavy atom. The standard InChI is InChI=1S/C24H29N3O3S2.ClH/c1-17-8-9-20(29-2)21-22(17)32-24(25-21)27(11-5-10-26-12-14-30-15-13-26)23(28)18-6-4-7-19(16-18)31-3;/h4,6-9,16H,5,10-15H2,1-3H3;1H. The van der Waals surface area contributed by atoms with Crippen molar-refractivity contribution in [3.8, 4) is 5.75 Å². The number of carbonyl (C=O) groups excluding carboxylic acids is 1. The largest absolute Gasteiger partial charge is 0.494 e. The molecule has 2 aromatic carbocycles. The molecule has 0 radical (unpaired) electrons. The molecule has 0 unspecified atom stereocenters. The van der Waals surface area contributed by atoms with E-state index in [0.717, 1.165) is 65.7 Å². The van der Waals surface area contributed by atoms with E-state index in [2.05, 4.69) is 11.8 Å². The normalized spacial score (nSPS) is 14.2. The van der Waals surface area contributed by atoms with E-state index in [1.807, 2.05) is 47.6 Å². The lowest BCUT2D eigenvalue weighted by molar-refractivity contribution is 0.0376. The zero-order valence-corrected chi connectivity index (χ0v) is 21.7. The Balaban J connectivity index is 0.00000306. The van der Waals surface area contributed by atoms with Crippen LogP contribution in [0.5, 0.6) is 5.75 Å². The van der Waals surface area contributed by atoms with Gasteiger partial charge in [0.2, 0.25) is 0 Å². The number of halogens is 1. The van der Waals surface area contributed by atoms with Crippen molar-refractivity contribution in [3.05, 3.63) is 47.5 Å². The van der Waals surface area contributed by atoms with Crippen LogP contribution < -0.4 is 9.64 Å². The van der Waals surface area contributed by atoms with E-state index in [9.17, 15) is 4.79 Å². The van der Waals surface area contributed by atoms with Crippen molar-refractivity contribution in [1.82, 2.24) is 9.88 Å². The number of hydrogen-bond acceptors (Lipinski definition) is 7. The van der Waals surface area contributed by atoms with Crippen LogP contribution in [0.3, 0.4) is 0 Å². The fourth-order valence-electron chi connectivity index (χ4n) is 3.85. The third-order valence-electron chi connectivity index (χ3n) is 5.66. The summed E-state index contributed by atoms with van der Waals surface area (Å²) in [7, 11) is 1.66. The number of morpholine rings is 1. The maximum Gasteiger partial charge on any atom is 0.260 e. The highest BCUT2D eigenvalue weighted by Gasteiger charge is 2.23. The Kier molecular flexibility index (Phi) is 9.40. The number of ether oxygens (including phenoxy) is 2. The van der Waals surface area contributed by atoms with E-state index in [4.69, 9.17) is 14.5 Å². The van der Waals surface area contributed by atoms with Crippen LogP contribution in [0.15, 0.2) is 41.3 Å². The molecule has 9 heteroatoms. The molecule has 0 aliphatic carbocycles. The van der Waals surface area contributed by atoms with E-state index < -0.39 is 0 Å². The number of benzene rings is 2. The highest BCUT2D eigenvalue weighted by atomic mass is 35.5. The van der Waals surface area contributed by atoms with Gasteiger partial charge in [-0.1, -0.05) is 23.5 Å². The summed E-state index contributed by atoms with van der Waals surface area (Å²) in [5.74, 6) is 0.719. The van der Waals surface area contributed by atoms with E-state index in [1.165, 1.54) is 0 Å². The monoisotopic (exact) mass is 507 g/mol. The summed E-state index contributed by atoms with van der Waals surface area (Å²) in [6, 6.07) is 11.8. The first-order chi connectivity index (χ1) is 15.6. The van der Waals surface area contributed by atoms with Crippen molar-refractivity contribution < 1.29 is 14.3 Å². The number of carbonyl (C=O) groups is 1. The van der Waals surface area contributed by atoms with Gasteiger partial charge in [-0.05, 0) is 49.4 Å². The number of thiazole rings is 1. The minimum absolute atomic E-state index is 0. The van der Waals surface area contributed by atoms with Gasteiger partial charge in [0.15, 0.2) is 5.13 Å². The smallest absolute Gasteiger partial charge is 0.260 e. The third kappa shape index (κ3) is 6.00. The molecule has 3 aromatic rings. The lowest BCUT2D eigenvalue weighted by Crippen LogP contribution is -2.39. The molecule has 4 rings (SSSR count). The highest BCUT2D eigenvalue weighted by Crippen LogP contribution is 2.37. The number of thioether (sulfide) groups is 1. The lowest BCUT2D eigenvalue weighted by atomic mass is 10.2. The zero-order valence-electron chi connectivity index (χ0n) is 19.2. The van der Waals surface area contributed by atoms with Gasteiger partial charge in [-0.3, -0.25) is 14.6 Å². The SMILES string of the molecule is COc1ccc(C)c2sc(N(CCCN3CCOCC3)C(=O)c3cccc(SC)c3)nc12.Cl. The lowest BCUT2D eigenvalue weighted by Gasteiger charge is -2.27. The van der Waals surface area contributed by atoms with Gasteiger partial charge in [0.05, 0.1) is 25.0 Å². The second-order valence-electron chi connectivity index (χ2n) is 7.76. The molecular weight excluding hydrogens is 478 g/mol. The first-order valence-corrected chi connectivity index (χ1v) is 12.8. The van der Waals surface area contributed by atoms with Crippen molar-refractivity contribution >= 4 is 56.8 Å². The minimum atomic E-state index is -0.0152. The summed E-state index contributed by atoms with van der Waals surface area (Å²) < 4.78 is 12.0. The summed E-state index contributed by atoms with van der Waals surface area (Å²) in [5.41, 5.74) is 2.64. The number of aryl methyl sites for hydroxylation is 1. The summed E-state index contributed by atoms with van der Waals surface area (Å²) in [5, 5.41) is 0.717. The average Bonchev–Trinajstić information content (AvgIpc) is 3.28. The maximum absolute atomic E-state index is 13.6. The molecule has 0 saturated carbocycles. The van der Waals surface area contributed by atoms with E-state index in [1.54, 1.807) is 30.2 Å². The van der Waals surface area contributed by atoms with Crippen LogP contribution in [-0.2, 0) is 4.74 Å². The average molecular weight is 508 g/mol. The van der Waals surface area contributed by atoms with E-state index in [-0.39, 0.29) is 18.3 Å². The number of nitrogens with zero attached hydrogens (tertiary/aromatic N) is 3. The van der Waals surface area contributed by atoms with Crippen LogP contribution in [0, 0.1) is 6.92 Å². The molecule has 0 bridgehead atoms. The number of amides is 1. The van der Waals surface area contributed by atoms with Gasteiger partial charge in [0, 0.05) is 36.6 Å². The molecule has 0 N–H and O–H groups in total. The van der Waals surface area contributed by atoms with Crippen LogP contribution in [0.25, 0.3) is 10.2 Å².